The van der Waals surface area contributed by atoms with Gasteiger partial charge in [0.15, 0.2) is 0 Å². The second-order valence-electron chi connectivity index (χ2n) is 4.48. The summed E-state index contributed by atoms with van der Waals surface area (Å²) in [6.45, 7) is 6.61. The number of hydrogen-bond donors (Lipinski definition) is 1. The summed E-state index contributed by atoms with van der Waals surface area (Å²) < 4.78 is 5.08. The van der Waals surface area contributed by atoms with Crippen LogP contribution >= 0.6 is 0 Å². The lowest BCUT2D eigenvalue weighted by molar-refractivity contribution is 0.0238. The highest BCUT2D eigenvalue weighted by molar-refractivity contribution is 5.67. The fraction of sp³-hybridized carbons (Fsp3) is 0.889. The first-order valence-corrected chi connectivity index (χ1v) is 4.62. The molecule has 0 aliphatic rings. The van der Waals surface area contributed by atoms with E-state index in [2.05, 4.69) is 0 Å². The molecule has 0 atom stereocenters. The van der Waals surface area contributed by atoms with Crippen LogP contribution in [0, 0.1) is 0 Å². The van der Waals surface area contributed by atoms with Crippen molar-refractivity contribution in [3.8, 4) is 0 Å². The van der Waals surface area contributed by atoms with Crippen molar-refractivity contribution >= 4 is 6.09 Å². The highest BCUT2D eigenvalue weighted by atomic mass is 16.6. The molecular formula is C9H21N3O2. The third-order valence-corrected chi connectivity index (χ3v) is 1.42. The normalized spacial score (nSPS) is 11.6. The van der Waals surface area contributed by atoms with E-state index in [1.807, 2.05) is 39.8 Å². The van der Waals surface area contributed by atoms with E-state index in [-0.39, 0.29) is 0 Å². The minimum Gasteiger partial charge on any atom is -0.443 e. The SMILES string of the molecule is CN(C)CCN(N)C(=O)OC(C)(C)C. The zero-order chi connectivity index (χ0) is 11.4. The first-order valence-electron chi connectivity index (χ1n) is 4.62. The standard InChI is InChI=1S/C9H21N3O2/c1-9(2,3)14-8(13)12(10)7-6-11(4)5/h6-7,10H2,1-5H3. The number of nitrogens with zero attached hydrogens (tertiary/aromatic N) is 2. The summed E-state index contributed by atoms with van der Waals surface area (Å²) in [5, 5.41) is 1.09. The lowest BCUT2D eigenvalue weighted by atomic mass is 10.2. The molecule has 0 unspecified atom stereocenters. The maximum absolute atomic E-state index is 11.3. The van der Waals surface area contributed by atoms with Gasteiger partial charge in [0.2, 0.25) is 0 Å². The van der Waals surface area contributed by atoms with Crippen LogP contribution in [0.4, 0.5) is 4.79 Å². The molecule has 0 radical (unpaired) electrons. The van der Waals surface area contributed by atoms with Gasteiger partial charge in [-0.15, -0.1) is 0 Å². The predicted molar refractivity (Wildman–Crippen MR) is 55.7 cm³/mol. The summed E-state index contributed by atoms with van der Waals surface area (Å²) in [4.78, 5) is 13.3. The number of hydrazine groups is 1. The van der Waals surface area contributed by atoms with Gasteiger partial charge in [-0.1, -0.05) is 0 Å². The lowest BCUT2D eigenvalue weighted by Crippen LogP contribution is -2.44. The van der Waals surface area contributed by atoms with Crippen molar-refractivity contribution in [3.63, 3.8) is 0 Å². The molecule has 0 aliphatic carbocycles. The molecule has 1 amide bonds. The number of nitrogens with two attached hydrogens (primary N) is 1. The summed E-state index contributed by atoms with van der Waals surface area (Å²) in [7, 11) is 3.84. The summed E-state index contributed by atoms with van der Waals surface area (Å²) in [5.74, 6) is 5.50. The molecule has 5 nitrogen and oxygen atoms in total. The monoisotopic (exact) mass is 203 g/mol. The molecule has 0 aliphatic heterocycles. The minimum atomic E-state index is -0.493. The van der Waals surface area contributed by atoms with Gasteiger partial charge in [0.1, 0.15) is 5.60 Å². The molecule has 5 heteroatoms. The van der Waals surface area contributed by atoms with Gasteiger partial charge in [-0.25, -0.2) is 15.6 Å². The highest BCUT2D eigenvalue weighted by Gasteiger charge is 2.19. The number of hydrogen-bond acceptors (Lipinski definition) is 4. The quantitative estimate of drug-likeness (QED) is 0.416. The minimum absolute atomic E-state index is 0.460. The summed E-state index contributed by atoms with van der Waals surface area (Å²) in [5.41, 5.74) is -0.493. The van der Waals surface area contributed by atoms with Crippen molar-refractivity contribution < 1.29 is 9.53 Å². The molecule has 2 N–H and O–H groups in total. The Hall–Kier alpha value is -0.810. The predicted octanol–water partition coefficient (Wildman–Crippen LogP) is 0.659. The smallest absolute Gasteiger partial charge is 0.424 e. The summed E-state index contributed by atoms with van der Waals surface area (Å²) in [6, 6.07) is 0. The van der Waals surface area contributed by atoms with Crippen LogP contribution in [0.1, 0.15) is 20.8 Å². The van der Waals surface area contributed by atoms with E-state index >= 15 is 0 Å². The Balaban J connectivity index is 3.88. The van der Waals surface area contributed by atoms with Crippen molar-refractivity contribution in [1.82, 2.24) is 9.91 Å². The molecule has 0 spiro atoms. The van der Waals surface area contributed by atoms with Crippen molar-refractivity contribution in [3.05, 3.63) is 0 Å². The van der Waals surface area contributed by atoms with Gasteiger partial charge in [-0.2, -0.15) is 0 Å². The zero-order valence-corrected chi connectivity index (χ0v) is 9.70. The molecule has 0 saturated heterocycles. The van der Waals surface area contributed by atoms with Crippen LogP contribution < -0.4 is 5.84 Å². The van der Waals surface area contributed by atoms with Crippen molar-refractivity contribution in [2.45, 2.75) is 26.4 Å². The molecule has 0 fully saturated rings. The van der Waals surface area contributed by atoms with Gasteiger partial charge in [0, 0.05) is 6.54 Å². The van der Waals surface area contributed by atoms with Crippen molar-refractivity contribution in [1.29, 1.82) is 0 Å². The number of carbonyl (C=O) groups excluding carboxylic acids is 1. The first kappa shape index (κ1) is 13.2. The third kappa shape index (κ3) is 6.68. The Labute approximate surface area is 85.8 Å². The molecule has 0 aromatic rings. The van der Waals surface area contributed by atoms with Gasteiger partial charge in [0.05, 0.1) is 6.54 Å². The fourth-order valence-electron chi connectivity index (χ4n) is 0.720. The third-order valence-electron chi connectivity index (χ3n) is 1.42. The molecule has 0 bridgehead atoms. The van der Waals surface area contributed by atoms with Crippen molar-refractivity contribution in [2.24, 2.45) is 5.84 Å². The Bertz CT molecular complexity index is 187. The second kappa shape index (κ2) is 5.17. The van der Waals surface area contributed by atoms with Gasteiger partial charge in [0.25, 0.3) is 0 Å². The molecule has 0 heterocycles. The van der Waals surface area contributed by atoms with Crippen LogP contribution in [-0.4, -0.2) is 48.8 Å². The van der Waals surface area contributed by atoms with E-state index in [4.69, 9.17) is 10.6 Å². The van der Waals surface area contributed by atoms with Gasteiger partial charge >= 0.3 is 6.09 Å². The molecule has 14 heavy (non-hydrogen) atoms. The van der Waals surface area contributed by atoms with Crippen LogP contribution in [0.5, 0.6) is 0 Å². The summed E-state index contributed by atoms with van der Waals surface area (Å²) >= 11 is 0. The Morgan fingerprint density at radius 3 is 2.14 bits per heavy atom. The summed E-state index contributed by atoms with van der Waals surface area (Å²) in [6.07, 6.45) is -0.487. The average Bonchev–Trinajstić information content (AvgIpc) is 1.96. The first-order chi connectivity index (χ1) is 6.22. The van der Waals surface area contributed by atoms with E-state index in [0.29, 0.717) is 6.54 Å². The Morgan fingerprint density at radius 1 is 1.29 bits per heavy atom. The molecule has 0 aromatic heterocycles. The van der Waals surface area contributed by atoms with Gasteiger partial charge in [-0.3, -0.25) is 0 Å². The average molecular weight is 203 g/mol. The Morgan fingerprint density at radius 2 is 1.79 bits per heavy atom. The van der Waals surface area contributed by atoms with E-state index in [9.17, 15) is 4.79 Å². The number of likely N-dealkylation sites (N-methyl/N-ethyl adjacent to an activating group) is 1. The van der Waals surface area contributed by atoms with Crippen molar-refractivity contribution in [2.75, 3.05) is 27.2 Å². The second-order valence-corrected chi connectivity index (χ2v) is 4.48. The largest absolute Gasteiger partial charge is 0.443 e. The highest BCUT2D eigenvalue weighted by Crippen LogP contribution is 2.08. The van der Waals surface area contributed by atoms with Gasteiger partial charge < -0.3 is 9.64 Å². The topological polar surface area (TPSA) is 58.8 Å². The molecule has 0 rings (SSSR count). The number of carbonyl (C=O) groups is 1. The van der Waals surface area contributed by atoms with E-state index in [0.717, 1.165) is 11.6 Å². The van der Waals surface area contributed by atoms with Crippen LogP contribution in [0.2, 0.25) is 0 Å². The number of amides is 1. The maximum Gasteiger partial charge on any atom is 0.424 e. The van der Waals surface area contributed by atoms with E-state index < -0.39 is 11.7 Å². The number of rotatable bonds is 3. The van der Waals surface area contributed by atoms with Crippen LogP contribution in [0.3, 0.4) is 0 Å². The molecule has 0 saturated carbocycles. The van der Waals surface area contributed by atoms with Crippen LogP contribution in [0.15, 0.2) is 0 Å². The maximum atomic E-state index is 11.3. The van der Waals surface area contributed by atoms with E-state index in [1.54, 1.807) is 0 Å². The lowest BCUT2D eigenvalue weighted by Gasteiger charge is -2.24. The number of ether oxygens (including phenoxy) is 1. The van der Waals surface area contributed by atoms with E-state index in [1.165, 1.54) is 0 Å². The molecule has 0 aromatic carbocycles. The molecule has 84 valence electrons. The molecular weight excluding hydrogens is 182 g/mol. The van der Waals surface area contributed by atoms with Crippen LogP contribution in [-0.2, 0) is 4.74 Å². The Kier molecular flexibility index (Phi) is 4.87. The fourth-order valence-corrected chi connectivity index (χ4v) is 0.720. The van der Waals surface area contributed by atoms with Crippen LogP contribution in [0.25, 0.3) is 0 Å². The van der Waals surface area contributed by atoms with Gasteiger partial charge in [-0.05, 0) is 34.9 Å². The zero-order valence-electron chi connectivity index (χ0n) is 9.70.